The highest BCUT2D eigenvalue weighted by molar-refractivity contribution is 6.35. The van der Waals surface area contributed by atoms with Gasteiger partial charge in [-0.25, -0.2) is 0 Å². The van der Waals surface area contributed by atoms with Gasteiger partial charge < -0.3 is 10.1 Å². The predicted octanol–water partition coefficient (Wildman–Crippen LogP) is 5.18. The molecule has 0 aliphatic carbocycles. The molecule has 0 amide bonds. The highest BCUT2D eigenvalue weighted by Crippen LogP contribution is 2.26. The van der Waals surface area contributed by atoms with Gasteiger partial charge in [0.15, 0.2) is 0 Å². The minimum absolute atomic E-state index is 0.153. The number of methoxy groups -OCH3 is 1. The summed E-state index contributed by atoms with van der Waals surface area (Å²) in [4.78, 5) is 0. The summed E-state index contributed by atoms with van der Waals surface area (Å²) in [7, 11) is 1.66. The molecule has 1 atom stereocenters. The Kier molecular flexibility index (Phi) is 4.56. The fourth-order valence-corrected chi connectivity index (χ4v) is 2.39. The molecule has 2 aromatic rings. The van der Waals surface area contributed by atoms with Crippen molar-refractivity contribution in [3.05, 3.63) is 58.1 Å². The number of ether oxygens (including phenoxy) is 1. The van der Waals surface area contributed by atoms with Crippen molar-refractivity contribution >= 4 is 28.9 Å². The smallest absolute Gasteiger partial charge is 0.118 e. The Bertz CT molecular complexity index is 534. The topological polar surface area (TPSA) is 21.3 Å². The van der Waals surface area contributed by atoms with Crippen molar-refractivity contribution < 1.29 is 4.74 Å². The number of benzene rings is 2. The number of rotatable bonds is 4. The zero-order valence-electron chi connectivity index (χ0n) is 10.8. The Morgan fingerprint density at radius 2 is 1.58 bits per heavy atom. The first kappa shape index (κ1) is 14.0. The minimum Gasteiger partial charge on any atom is -0.497 e. The molecule has 0 aliphatic heterocycles. The van der Waals surface area contributed by atoms with Crippen LogP contribution in [0.5, 0.6) is 5.75 Å². The summed E-state index contributed by atoms with van der Waals surface area (Å²) in [6, 6.07) is 13.5. The maximum atomic E-state index is 5.98. The molecule has 19 heavy (non-hydrogen) atoms. The maximum Gasteiger partial charge on any atom is 0.118 e. The van der Waals surface area contributed by atoms with Crippen molar-refractivity contribution in [2.24, 2.45) is 0 Å². The third-order valence-corrected chi connectivity index (χ3v) is 3.30. The van der Waals surface area contributed by atoms with Crippen molar-refractivity contribution in [2.75, 3.05) is 12.4 Å². The van der Waals surface area contributed by atoms with Gasteiger partial charge in [-0.1, -0.05) is 35.3 Å². The summed E-state index contributed by atoms with van der Waals surface area (Å²) in [6.45, 7) is 2.08. The van der Waals surface area contributed by atoms with Crippen LogP contribution < -0.4 is 10.1 Å². The lowest BCUT2D eigenvalue weighted by Crippen LogP contribution is -2.06. The molecule has 0 saturated carbocycles. The third kappa shape index (κ3) is 3.79. The zero-order chi connectivity index (χ0) is 13.8. The van der Waals surface area contributed by atoms with E-state index in [1.165, 1.54) is 0 Å². The van der Waals surface area contributed by atoms with Gasteiger partial charge >= 0.3 is 0 Å². The van der Waals surface area contributed by atoms with Crippen molar-refractivity contribution in [3.63, 3.8) is 0 Å². The number of halogens is 2. The Labute approximate surface area is 123 Å². The van der Waals surface area contributed by atoms with E-state index in [0.29, 0.717) is 10.0 Å². The van der Waals surface area contributed by atoms with E-state index >= 15 is 0 Å². The molecule has 1 N–H and O–H groups in total. The first-order chi connectivity index (χ1) is 9.08. The summed E-state index contributed by atoms with van der Waals surface area (Å²) in [5.74, 6) is 0.849. The van der Waals surface area contributed by atoms with Crippen molar-refractivity contribution in [3.8, 4) is 5.75 Å². The van der Waals surface area contributed by atoms with Crippen LogP contribution in [-0.2, 0) is 0 Å². The number of hydrogen-bond acceptors (Lipinski definition) is 2. The van der Waals surface area contributed by atoms with Gasteiger partial charge in [-0.05, 0) is 42.8 Å². The van der Waals surface area contributed by atoms with Crippen LogP contribution in [0.4, 0.5) is 5.69 Å². The highest BCUT2D eigenvalue weighted by Gasteiger charge is 2.06. The second-order valence-electron chi connectivity index (χ2n) is 4.30. The van der Waals surface area contributed by atoms with Gasteiger partial charge in [0.1, 0.15) is 5.75 Å². The molecule has 4 heteroatoms. The van der Waals surface area contributed by atoms with E-state index < -0.39 is 0 Å². The molecule has 0 fully saturated rings. The van der Waals surface area contributed by atoms with Gasteiger partial charge in [-0.3, -0.25) is 0 Å². The van der Waals surface area contributed by atoms with E-state index in [-0.39, 0.29) is 6.04 Å². The fourth-order valence-electron chi connectivity index (χ4n) is 1.86. The first-order valence-corrected chi connectivity index (χ1v) is 6.70. The average molecular weight is 296 g/mol. The van der Waals surface area contributed by atoms with Gasteiger partial charge in [-0.15, -0.1) is 0 Å². The largest absolute Gasteiger partial charge is 0.497 e. The monoisotopic (exact) mass is 295 g/mol. The SMILES string of the molecule is COc1ccc(C(C)Nc2cc(Cl)cc(Cl)c2)cc1. The van der Waals surface area contributed by atoms with Crippen molar-refractivity contribution in [1.82, 2.24) is 0 Å². The first-order valence-electron chi connectivity index (χ1n) is 5.95. The molecule has 1 unspecified atom stereocenters. The molecule has 2 aromatic carbocycles. The predicted molar refractivity (Wildman–Crippen MR) is 81.5 cm³/mol. The van der Waals surface area contributed by atoms with Crippen LogP contribution in [0.3, 0.4) is 0 Å². The van der Waals surface area contributed by atoms with Gasteiger partial charge in [0.2, 0.25) is 0 Å². The third-order valence-electron chi connectivity index (χ3n) is 2.86. The van der Waals surface area contributed by atoms with E-state index in [1.807, 2.05) is 36.4 Å². The quantitative estimate of drug-likeness (QED) is 0.839. The Hall–Kier alpha value is -1.38. The molecule has 100 valence electrons. The lowest BCUT2D eigenvalue weighted by Gasteiger charge is -2.16. The summed E-state index contributed by atoms with van der Waals surface area (Å²) < 4.78 is 5.14. The van der Waals surface area contributed by atoms with Crippen LogP contribution in [0.2, 0.25) is 10.0 Å². The minimum atomic E-state index is 0.153. The van der Waals surface area contributed by atoms with E-state index in [0.717, 1.165) is 17.0 Å². The van der Waals surface area contributed by atoms with Crippen LogP contribution in [0, 0.1) is 0 Å². The summed E-state index contributed by atoms with van der Waals surface area (Å²) in [5, 5.41) is 4.61. The maximum absolute atomic E-state index is 5.98. The fraction of sp³-hybridized carbons (Fsp3) is 0.200. The van der Waals surface area contributed by atoms with Crippen molar-refractivity contribution in [1.29, 1.82) is 0 Å². The van der Waals surface area contributed by atoms with Gasteiger partial charge in [0.05, 0.1) is 7.11 Å². The molecule has 2 rings (SSSR count). The van der Waals surface area contributed by atoms with E-state index in [4.69, 9.17) is 27.9 Å². The normalized spacial score (nSPS) is 12.0. The van der Waals surface area contributed by atoms with E-state index in [1.54, 1.807) is 13.2 Å². The van der Waals surface area contributed by atoms with Crippen LogP contribution in [0.1, 0.15) is 18.5 Å². The Morgan fingerprint density at radius 3 is 2.11 bits per heavy atom. The lowest BCUT2D eigenvalue weighted by molar-refractivity contribution is 0.414. The van der Waals surface area contributed by atoms with Gasteiger partial charge in [0, 0.05) is 21.8 Å². The molecule has 0 radical (unpaired) electrons. The summed E-state index contributed by atoms with van der Waals surface area (Å²) >= 11 is 12.0. The molecule has 0 bridgehead atoms. The van der Waals surface area contributed by atoms with Crippen LogP contribution in [0.25, 0.3) is 0 Å². The second kappa shape index (κ2) is 6.18. The van der Waals surface area contributed by atoms with Crippen molar-refractivity contribution in [2.45, 2.75) is 13.0 Å². The molecule has 0 aliphatic rings. The van der Waals surface area contributed by atoms with Gasteiger partial charge in [0.25, 0.3) is 0 Å². The van der Waals surface area contributed by atoms with E-state index in [9.17, 15) is 0 Å². The molecule has 0 heterocycles. The van der Waals surface area contributed by atoms with Gasteiger partial charge in [-0.2, -0.15) is 0 Å². The standard InChI is InChI=1S/C15H15Cl2NO/c1-10(11-3-5-15(19-2)6-4-11)18-14-8-12(16)7-13(17)9-14/h3-10,18H,1-2H3. The summed E-state index contributed by atoms with van der Waals surface area (Å²) in [5.41, 5.74) is 2.07. The second-order valence-corrected chi connectivity index (χ2v) is 5.17. The number of anilines is 1. The molecule has 0 aromatic heterocycles. The zero-order valence-corrected chi connectivity index (χ0v) is 12.3. The van der Waals surface area contributed by atoms with Crippen LogP contribution >= 0.6 is 23.2 Å². The molecule has 2 nitrogen and oxygen atoms in total. The van der Waals surface area contributed by atoms with E-state index in [2.05, 4.69) is 12.2 Å². The molecule has 0 saturated heterocycles. The number of nitrogens with one attached hydrogen (secondary N) is 1. The summed E-state index contributed by atoms with van der Waals surface area (Å²) in [6.07, 6.45) is 0. The number of hydrogen-bond donors (Lipinski definition) is 1. The van der Waals surface area contributed by atoms with Crippen LogP contribution in [-0.4, -0.2) is 7.11 Å². The Balaban J connectivity index is 2.13. The average Bonchev–Trinajstić information content (AvgIpc) is 2.37. The lowest BCUT2D eigenvalue weighted by atomic mass is 10.1. The van der Waals surface area contributed by atoms with Crippen LogP contribution in [0.15, 0.2) is 42.5 Å². The molecular weight excluding hydrogens is 281 g/mol. The highest BCUT2D eigenvalue weighted by atomic mass is 35.5. The molecule has 0 spiro atoms. The molecular formula is C15H15Cl2NO. The Morgan fingerprint density at radius 1 is 1.00 bits per heavy atom.